The maximum Gasteiger partial charge on any atom is 0.0731 e. The van der Waals surface area contributed by atoms with Crippen molar-refractivity contribution in [1.29, 1.82) is 0 Å². The zero-order valence-corrected chi connectivity index (χ0v) is 2.94. The van der Waals surface area contributed by atoms with E-state index in [1.165, 1.54) is 0 Å². The molecule has 0 fully saturated rings. The van der Waals surface area contributed by atoms with Gasteiger partial charge >= 0.3 is 0 Å². The normalized spacial score (nSPS) is 22.2. The fourth-order valence-corrected chi connectivity index (χ4v) is 0.268. The van der Waals surface area contributed by atoms with Crippen LogP contribution in [0, 0.1) is 0 Å². The molecule has 0 aromatic carbocycles. The van der Waals surface area contributed by atoms with E-state index in [0.29, 0.717) is 0 Å². The fourth-order valence-electron chi connectivity index (χ4n) is 0.0298. The van der Waals surface area contributed by atoms with Crippen molar-refractivity contribution in [1.82, 2.24) is 0 Å². The maximum absolute atomic E-state index is 8.12. The summed E-state index contributed by atoms with van der Waals surface area (Å²) in [6.07, 6.45) is 0. The molecule has 1 nitrogen and oxygen atoms in total. The zero-order valence-electron chi connectivity index (χ0n) is 2.05. The van der Waals surface area contributed by atoms with Gasteiger partial charge in [0.15, 0.2) is 0 Å². The number of hydrogen-bond acceptors (Lipinski definition) is 1. The van der Waals surface area contributed by atoms with E-state index in [1.54, 1.807) is 11.6 Å². The molecule has 2 heteroatoms. The molecule has 0 aromatic rings. The lowest BCUT2D eigenvalue weighted by atomic mass is 11.3. The summed E-state index contributed by atoms with van der Waals surface area (Å²) in [6, 6.07) is 0. The van der Waals surface area contributed by atoms with Gasteiger partial charge in [-0.05, 0) is 11.6 Å². The van der Waals surface area contributed by atoms with E-state index in [9.17, 15) is 0 Å². The van der Waals surface area contributed by atoms with Gasteiger partial charge in [0.2, 0.25) is 0 Å². The van der Waals surface area contributed by atoms with Crippen LogP contribution in [0.25, 0.3) is 0 Å². The van der Waals surface area contributed by atoms with Gasteiger partial charge in [0.1, 0.15) is 0 Å². The molecule has 0 saturated carbocycles. The Morgan fingerprint density at radius 2 is 1.75 bits per heavy atom. The Kier molecular flexibility index (Phi) is 0.320. The molecule has 0 spiro atoms. The topological polar surface area (TPSA) is 20.2 Å². The first-order chi connectivity index (χ1) is 1.89. The van der Waals surface area contributed by atoms with Gasteiger partial charge in [0.05, 0.1) is 8.15 Å². The van der Waals surface area contributed by atoms with E-state index >= 15 is 0 Å². The summed E-state index contributed by atoms with van der Waals surface area (Å²) in [5, 5.41) is 0. The van der Waals surface area contributed by atoms with Crippen LogP contribution in [0.15, 0.2) is 11.6 Å². The Hall–Kier alpha value is 0.130. The Bertz CT molecular complexity index is 44.0. The minimum Gasteiger partial charge on any atom is -0.365 e. The Morgan fingerprint density at radius 1 is 1.50 bits per heavy atom. The molecule has 0 aromatic heterocycles. The third-order valence-corrected chi connectivity index (χ3v) is 0.847. The lowest BCUT2D eigenvalue weighted by Crippen LogP contribution is -1.20. The highest BCUT2D eigenvalue weighted by atomic mass is 31.1. The van der Waals surface area contributed by atoms with Crippen molar-refractivity contribution in [2.24, 2.45) is 0 Å². The largest absolute Gasteiger partial charge is 0.365 e. The molecule has 1 heterocycles. The van der Waals surface area contributed by atoms with Crippen molar-refractivity contribution >= 4 is 8.15 Å². The van der Waals surface area contributed by atoms with E-state index in [4.69, 9.17) is 4.89 Å². The second-order valence-corrected chi connectivity index (χ2v) is 2.03. The molecule has 0 aliphatic carbocycles. The number of hydrogen-bond donors (Lipinski definition) is 1. The van der Waals surface area contributed by atoms with Crippen LogP contribution in [0.5, 0.6) is 0 Å². The van der Waals surface area contributed by atoms with Gasteiger partial charge in [-0.2, -0.15) is 0 Å². The standard InChI is InChI=1S/C2H3OP/c3-4-1-2-4/h1-3H. The van der Waals surface area contributed by atoms with Gasteiger partial charge in [0, 0.05) is 0 Å². The summed E-state index contributed by atoms with van der Waals surface area (Å²) in [7, 11) is -0.620. The second-order valence-electron chi connectivity index (χ2n) is 0.678. The SMILES string of the molecule is OP1C=C1. The molecule has 4 heavy (non-hydrogen) atoms. The van der Waals surface area contributed by atoms with E-state index in [0.717, 1.165) is 0 Å². The van der Waals surface area contributed by atoms with Crippen molar-refractivity contribution in [3.63, 3.8) is 0 Å². The monoisotopic (exact) mass is 74.0 g/mol. The first kappa shape index (κ1) is 2.37. The molecule has 1 aliphatic rings. The lowest BCUT2D eigenvalue weighted by Gasteiger charge is -1.61. The van der Waals surface area contributed by atoms with Gasteiger partial charge in [-0.25, -0.2) is 0 Å². The first-order valence-electron chi connectivity index (χ1n) is 1.05. The lowest BCUT2D eigenvalue weighted by molar-refractivity contribution is 0.649. The molecule has 1 aliphatic heterocycles. The highest BCUT2D eigenvalue weighted by molar-refractivity contribution is 7.65. The van der Waals surface area contributed by atoms with Crippen molar-refractivity contribution in [3.05, 3.63) is 11.6 Å². The van der Waals surface area contributed by atoms with Gasteiger partial charge in [-0.3, -0.25) is 0 Å². The van der Waals surface area contributed by atoms with Crippen LogP contribution in [0.2, 0.25) is 0 Å². The summed E-state index contributed by atoms with van der Waals surface area (Å²) in [5.41, 5.74) is 0. The summed E-state index contributed by atoms with van der Waals surface area (Å²) in [6.45, 7) is 0. The quantitative estimate of drug-likeness (QED) is 0.422. The molecule has 22 valence electrons. The summed E-state index contributed by atoms with van der Waals surface area (Å²) >= 11 is 0. The number of rotatable bonds is 0. The van der Waals surface area contributed by atoms with Gasteiger partial charge < -0.3 is 4.89 Å². The molecule has 0 bridgehead atoms. The van der Waals surface area contributed by atoms with E-state index in [-0.39, 0.29) is 0 Å². The Morgan fingerprint density at radius 3 is 1.75 bits per heavy atom. The highest BCUT2D eigenvalue weighted by Crippen LogP contribution is 2.47. The minimum atomic E-state index is -0.620. The first-order valence-corrected chi connectivity index (χ1v) is 2.48. The van der Waals surface area contributed by atoms with E-state index < -0.39 is 8.15 Å². The van der Waals surface area contributed by atoms with Crippen LogP contribution in [0.3, 0.4) is 0 Å². The van der Waals surface area contributed by atoms with Crippen LogP contribution in [0.4, 0.5) is 0 Å². The zero-order chi connectivity index (χ0) is 2.99. The van der Waals surface area contributed by atoms with Crippen molar-refractivity contribution in [2.75, 3.05) is 0 Å². The summed E-state index contributed by atoms with van der Waals surface area (Å²) in [5.74, 6) is 3.57. The molecule has 0 radical (unpaired) electrons. The van der Waals surface area contributed by atoms with Gasteiger partial charge in [0.25, 0.3) is 0 Å². The fraction of sp³-hybridized carbons (Fsp3) is 0. The second kappa shape index (κ2) is 0.540. The smallest absolute Gasteiger partial charge is 0.0731 e. The van der Waals surface area contributed by atoms with Crippen LogP contribution in [-0.2, 0) is 0 Å². The molecular formula is C2H3OP. The predicted octanol–water partition coefficient (Wildman–Crippen LogP) is 0.860. The van der Waals surface area contributed by atoms with Gasteiger partial charge in [-0.15, -0.1) is 0 Å². The van der Waals surface area contributed by atoms with Crippen molar-refractivity contribution in [2.45, 2.75) is 0 Å². The molecule has 0 amide bonds. The molecular weight excluding hydrogens is 71.0 g/mol. The summed E-state index contributed by atoms with van der Waals surface area (Å²) < 4.78 is 0. The van der Waals surface area contributed by atoms with E-state index in [2.05, 4.69) is 0 Å². The Balaban J connectivity index is 2.32. The van der Waals surface area contributed by atoms with Crippen LogP contribution < -0.4 is 0 Å². The third kappa shape index (κ3) is 0.278. The predicted molar refractivity (Wildman–Crippen MR) is 18.3 cm³/mol. The van der Waals surface area contributed by atoms with Crippen LogP contribution in [-0.4, -0.2) is 4.89 Å². The van der Waals surface area contributed by atoms with Crippen LogP contribution >= 0.6 is 8.15 Å². The third-order valence-electron chi connectivity index (χ3n) is 0.282. The maximum atomic E-state index is 8.12. The highest BCUT2D eigenvalue weighted by Gasteiger charge is 2.01. The molecule has 0 unspecified atom stereocenters. The molecule has 0 atom stereocenters. The molecule has 1 N–H and O–H groups in total. The molecule has 0 saturated heterocycles. The Labute approximate surface area is 25.8 Å². The van der Waals surface area contributed by atoms with E-state index in [1.807, 2.05) is 0 Å². The summed E-state index contributed by atoms with van der Waals surface area (Å²) in [4.78, 5) is 8.12. The minimum absolute atomic E-state index is 0.620. The average molecular weight is 74.0 g/mol. The molecule has 1 rings (SSSR count). The van der Waals surface area contributed by atoms with Crippen molar-refractivity contribution < 1.29 is 4.89 Å². The van der Waals surface area contributed by atoms with Gasteiger partial charge in [-0.1, -0.05) is 0 Å². The average Bonchev–Trinajstić information content (AvgIpc) is 1.75. The van der Waals surface area contributed by atoms with Crippen LogP contribution in [0.1, 0.15) is 0 Å². The van der Waals surface area contributed by atoms with Crippen molar-refractivity contribution in [3.8, 4) is 0 Å².